The van der Waals surface area contributed by atoms with Gasteiger partial charge in [0, 0.05) is 64.0 Å². The molecule has 2 aliphatic rings. The van der Waals surface area contributed by atoms with Crippen LogP contribution in [0.15, 0.2) is 12.4 Å². The monoisotopic (exact) mass is 359 g/mol. The highest BCUT2D eigenvalue weighted by molar-refractivity contribution is 5.76. The van der Waals surface area contributed by atoms with E-state index in [1.807, 2.05) is 11.8 Å². The maximum atomic E-state index is 12.3. The Morgan fingerprint density at radius 3 is 2.69 bits per heavy atom. The summed E-state index contributed by atoms with van der Waals surface area (Å²) < 4.78 is 7.10. The van der Waals surface area contributed by atoms with Gasteiger partial charge in [0.05, 0.1) is 13.2 Å². The van der Waals surface area contributed by atoms with Gasteiger partial charge in [0.2, 0.25) is 5.91 Å². The number of aromatic nitrogens is 4. The Morgan fingerprint density at radius 2 is 1.92 bits per heavy atom. The van der Waals surface area contributed by atoms with Crippen molar-refractivity contribution >= 4 is 17.5 Å². The minimum Gasteiger partial charge on any atom is -0.378 e. The minimum atomic E-state index is 0.241. The van der Waals surface area contributed by atoms with Crippen molar-refractivity contribution in [2.24, 2.45) is 0 Å². The molecule has 2 aliphatic heterocycles. The summed E-state index contributed by atoms with van der Waals surface area (Å²) in [5, 5.41) is 4.29. The molecule has 0 spiro atoms. The number of aryl methyl sites for hydroxylation is 1. The summed E-state index contributed by atoms with van der Waals surface area (Å²) >= 11 is 0. The van der Waals surface area contributed by atoms with Gasteiger partial charge in [0.15, 0.2) is 0 Å². The van der Waals surface area contributed by atoms with E-state index in [2.05, 4.69) is 30.9 Å². The first-order chi connectivity index (χ1) is 12.7. The molecule has 2 aromatic heterocycles. The molecule has 0 aromatic carbocycles. The molecule has 2 saturated heterocycles. The van der Waals surface area contributed by atoms with Gasteiger partial charge < -0.3 is 14.5 Å². The predicted octanol–water partition coefficient (Wildman–Crippen LogP) is -0.196. The van der Waals surface area contributed by atoms with E-state index >= 15 is 0 Å². The van der Waals surface area contributed by atoms with Crippen molar-refractivity contribution in [3.05, 3.63) is 18.1 Å². The SMILES string of the molecule is Cc1cc(N2CCN(CCC(=O)N3CCOCC3)CC2)n2ncnc2n1. The molecule has 9 nitrogen and oxygen atoms in total. The molecule has 0 saturated carbocycles. The minimum absolute atomic E-state index is 0.241. The number of ether oxygens (including phenoxy) is 1. The van der Waals surface area contributed by atoms with Crippen LogP contribution in [0.2, 0.25) is 0 Å². The Bertz CT molecular complexity index is 764. The van der Waals surface area contributed by atoms with Gasteiger partial charge in [-0.3, -0.25) is 9.69 Å². The Kier molecular flexibility index (Phi) is 4.98. The number of carbonyl (C=O) groups excluding carboxylic acids is 1. The summed E-state index contributed by atoms with van der Waals surface area (Å²) in [6, 6.07) is 2.05. The standard InChI is InChI=1S/C17H25N7O2/c1-14-12-15(24-17(20-14)18-13-19-24)22-6-4-21(5-7-22)3-2-16(25)23-8-10-26-11-9-23/h12-13H,2-11H2,1H3. The second kappa shape index (κ2) is 7.55. The highest BCUT2D eigenvalue weighted by atomic mass is 16.5. The normalized spacial score (nSPS) is 19.3. The summed E-state index contributed by atoms with van der Waals surface area (Å²) in [7, 11) is 0. The molecule has 0 radical (unpaired) electrons. The molecular weight excluding hydrogens is 334 g/mol. The quantitative estimate of drug-likeness (QED) is 0.748. The molecule has 2 aromatic rings. The van der Waals surface area contributed by atoms with Gasteiger partial charge in [-0.25, -0.2) is 4.98 Å². The molecule has 140 valence electrons. The van der Waals surface area contributed by atoms with Crippen LogP contribution in [0, 0.1) is 6.92 Å². The van der Waals surface area contributed by atoms with E-state index in [1.165, 1.54) is 0 Å². The van der Waals surface area contributed by atoms with Crippen molar-refractivity contribution in [3.63, 3.8) is 0 Å². The van der Waals surface area contributed by atoms with Gasteiger partial charge in [-0.1, -0.05) is 0 Å². The fraction of sp³-hybridized carbons (Fsp3) is 0.647. The lowest BCUT2D eigenvalue weighted by Crippen LogP contribution is -2.48. The van der Waals surface area contributed by atoms with Crippen molar-refractivity contribution in [3.8, 4) is 0 Å². The third-order valence-corrected chi connectivity index (χ3v) is 5.06. The van der Waals surface area contributed by atoms with Crippen LogP contribution in [0.4, 0.5) is 5.82 Å². The van der Waals surface area contributed by atoms with Crippen molar-refractivity contribution in [1.82, 2.24) is 29.4 Å². The van der Waals surface area contributed by atoms with Crippen LogP contribution in [0.25, 0.3) is 5.78 Å². The number of morpholine rings is 1. The van der Waals surface area contributed by atoms with E-state index in [1.54, 1.807) is 10.8 Å². The number of nitrogens with zero attached hydrogens (tertiary/aromatic N) is 7. The van der Waals surface area contributed by atoms with Gasteiger partial charge in [-0.2, -0.15) is 14.6 Å². The molecule has 0 unspecified atom stereocenters. The number of hydrogen-bond acceptors (Lipinski definition) is 7. The summed E-state index contributed by atoms with van der Waals surface area (Å²) in [4.78, 5) is 27.5. The van der Waals surface area contributed by atoms with Crippen molar-refractivity contribution < 1.29 is 9.53 Å². The van der Waals surface area contributed by atoms with E-state index < -0.39 is 0 Å². The zero-order valence-electron chi connectivity index (χ0n) is 15.2. The number of carbonyl (C=O) groups is 1. The summed E-state index contributed by atoms with van der Waals surface area (Å²) in [5.74, 6) is 1.91. The first-order valence-corrected chi connectivity index (χ1v) is 9.21. The molecule has 0 bridgehead atoms. The van der Waals surface area contributed by atoms with E-state index in [0.717, 1.165) is 57.3 Å². The van der Waals surface area contributed by atoms with Crippen LogP contribution in [0.1, 0.15) is 12.1 Å². The van der Waals surface area contributed by atoms with Crippen molar-refractivity contribution in [2.75, 3.05) is 63.9 Å². The van der Waals surface area contributed by atoms with Gasteiger partial charge in [0.1, 0.15) is 12.1 Å². The molecule has 9 heteroatoms. The van der Waals surface area contributed by atoms with Crippen LogP contribution in [-0.4, -0.2) is 94.3 Å². The second-order valence-electron chi connectivity index (χ2n) is 6.80. The maximum absolute atomic E-state index is 12.3. The van der Waals surface area contributed by atoms with Gasteiger partial charge in [-0.15, -0.1) is 0 Å². The second-order valence-corrected chi connectivity index (χ2v) is 6.80. The lowest BCUT2D eigenvalue weighted by Gasteiger charge is -2.36. The zero-order valence-corrected chi connectivity index (χ0v) is 15.2. The molecule has 2 fully saturated rings. The number of fused-ring (bicyclic) bond motifs is 1. The van der Waals surface area contributed by atoms with Crippen LogP contribution in [-0.2, 0) is 9.53 Å². The lowest BCUT2D eigenvalue weighted by atomic mass is 10.2. The van der Waals surface area contributed by atoms with Crippen molar-refractivity contribution in [2.45, 2.75) is 13.3 Å². The van der Waals surface area contributed by atoms with E-state index in [-0.39, 0.29) is 5.91 Å². The van der Waals surface area contributed by atoms with Gasteiger partial charge >= 0.3 is 0 Å². The van der Waals surface area contributed by atoms with Crippen LogP contribution in [0.5, 0.6) is 0 Å². The van der Waals surface area contributed by atoms with Gasteiger partial charge in [-0.05, 0) is 6.92 Å². The predicted molar refractivity (Wildman–Crippen MR) is 96.2 cm³/mol. The number of amides is 1. The smallest absolute Gasteiger partial charge is 0.254 e. The Balaban J connectivity index is 1.31. The fourth-order valence-corrected chi connectivity index (χ4v) is 3.56. The highest BCUT2D eigenvalue weighted by Gasteiger charge is 2.22. The van der Waals surface area contributed by atoms with E-state index in [9.17, 15) is 4.79 Å². The summed E-state index contributed by atoms with van der Waals surface area (Å²) in [5.41, 5.74) is 0.944. The largest absolute Gasteiger partial charge is 0.378 e. The lowest BCUT2D eigenvalue weighted by molar-refractivity contribution is -0.135. The molecule has 0 aliphatic carbocycles. The van der Waals surface area contributed by atoms with E-state index in [0.29, 0.717) is 25.4 Å². The molecule has 4 rings (SSSR count). The molecule has 26 heavy (non-hydrogen) atoms. The third-order valence-electron chi connectivity index (χ3n) is 5.06. The van der Waals surface area contributed by atoms with Crippen LogP contribution < -0.4 is 4.90 Å². The molecule has 0 atom stereocenters. The number of hydrogen-bond donors (Lipinski definition) is 0. The maximum Gasteiger partial charge on any atom is 0.254 e. The average Bonchev–Trinajstić information content (AvgIpc) is 3.15. The molecular formula is C17H25N7O2. The number of anilines is 1. The Labute approximate surface area is 152 Å². The van der Waals surface area contributed by atoms with E-state index in [4.69, 9.17) is 4.74 Å². The third kappa shape index (κ3) is 3.63. The average molecular weight is 359 g/mol. The number of rotatable bonds is 4. The fourth-order valence-electron chi connectivity index (χ4n) is 3.56. The Hall–Kier alpha value is -2.26. The first-order valence-electron chi connectivity index (χ1n) is 9.21. The van der Waals surface area contributed by atoms with Crippen molar-refractivity contribution in [1.29, 1.82) is 0 Å². The molecule has 4 heterocycles. The first kappa shape index (κ1) is 17.2. The molecule has 0 N–H and O–H groups in total. The topological polar surface area (TPSA) is 79.1 Å². The summed E-state index contributed by atoms with van der Waals surface area (Å²) in [6.45, 7) is 9.25. The van der Waals surface area contributed by atoms with Crippen LogP contribution >= 0.6 is 0 Å². The van der Waals surface area contributed by atoms with Gasteiger partial charge in [0.25, 0.3) is 5.78 Å². The van der Waals surface area contributed by atoms with Crippen LogP contribution in [0.3, 0.4) is 0 Å². The highest BCUT2D eigenvalue weighted by Crippen LogP contribution is 2.18. The number of piperazine rings is 1. The Morgan fingerprint density at radius 1 is 1.15 bits per heavy atom. The zero-order chi connectivity index (χ0) is 17.9. The summed E-state index contributed by atoms with van der Waals surface area (Å²) in [6.07, 6.45) is 2.13. The molecule has 1 amide bonds.